The van der Waals surface area contributed by atoms with Crippen LogP contribution in [0.4, 0.5) is 10.5 Å². The van der Waals surface area contributed by atoms with E-state index in [9.17, 15) is 14.4 Å². The number of para-hydroxylation sites is 1. The summed E-state index contributed by atoms with van der Waals surface area (Å²) in [5.74, 6) is -0.0819. The molecule has 1 aromatic rings. The molecule has 2 heterocycles. The van der Waals surface area contributed by atoms with Crippen molar-refractivity contribution >= 4 is 23.5 Å². The number of anilines is 1. The molecule has 3 rings (SSSR count). The second-order valence-corrected chi connectivity index (χ2v) is 8.41. The maximum absolute atomic E-state index is 13.0. The quantitative estimate of drug-likeness (QED) is 0.761. The monoisotopic (exact) mass is 386 g/mol. The number of hydrogen-bond acceptors (Lipinski definition) is 4. The lowest BCUT2D eigenvalue weighted by atomic mass is 9.87. The first kappa shape index (κ1) is 20.3. The summed E-state index contributed by atoms with van der Waals surface area (Å²) in [6.07, 6.45) is 1.17. The second-order valence-electron chi connectivity index (χ2n) is 8.41. The first-order valence-electron chi connectivity index (χ1n) is 9.94. The largest absolute Gasteiger partial charge is 0.325 e. The molecule has 0 unspecified atom stereocenters. The van der Waals surface area contributed by atoms with Crippen LogP contribution in [0, 0.1) is 19.8 Å². The number of carbonyl (C=O) groups excluding carboxylic acids is 3. The standard InChI is InChI=1S/C21H30N4O3/c1-14(2)12-24-10-8-21(9-11-24)19(27)25(20(28)23-21)13-17(26)22-18-15(3)6-5-7-16(18)4/h5-7,14H,8-13H2,1-4H3,(H,22,26)(H,23,28). The van der Waals surface area contributed by atoms with Crippen LogP contribution in [0.1, 0.15) is 37.8 Å². The average Bonchev–Trinajstić information content (AvgIpc) is 2.84. The molecule has 28 heavy (non-hydrogen) atoms. The van der Waals surface area contributed by atoms with Crippen LogP contribution in [-0.4, -0.2) is 59.4 Å². The maximum atomic E-state index is 13.0. The average molecular weight is 386 g/mol. The van der Waals surface area contributed by atoms with Crippen LogP contribution in [0.2, 0.25) is 0 Å². The number of amides is 4. The van der Waals surface area contributed by atoms with Crippen LogP contribution in [0.5, 0.6) is 0 Å². The molecule has 2 N–H and O–H groups in total. The zero-order valence-corrected chi connectivity index (χ0v) is 17.2. The van der Waals surface area contributed by atoms with Crippen molar-refractivity contribution in [2.45, 2.75) is 46.1 Å². The van der Waals surface area contributed by atoms with E-state index in [0.29, 0.717) is 18.8 Å². The molecule has 0 aromatic heterocycles. The van der Waals surface area contributed by atoms with E-state index in [1.807, 2.05) is 32.0 Å². The van der Waals surface area contributed by atoms with Crippen molar-refractivity contribution in [1.29, 1.82) is 0 Å². The Labute approximate surface area is 166 Å². The third-order valence-corrected chi connectivity index (χ3v) is 5.63. The molecule has 2 fully saturated rings. The molecule has 0 atom stereocenters. The third-order valence-electron chi connectivity index (χ3n) is 5.63. The van der Waals surface area contributed by atoms with Gasteiger partial charge in [-0.1, -0.05) is 32.0 Å². The van der Waals surface area contributed by atoms with E-state index in [2.05, 4.69) is 29.4 Å². The smallest absolute Gasteiger partial charge is 0.324 e. The van der Waals surface area contributed by atoms with Crippen LogP contribution >= 0.6 is 0 Å². The minimum Gasteiger partial charge on any atom is -0.324 e. The predicted molar refractivity (Wildman–Crippen MR) is 108 cm³/mol. The Bertz CT molecular complexity index is 762. The van der Waals surface area contributed by atoms with Gasteiger partial charge in [0.1, 0.15) is 12.1 Å². The maximum Gasteiger partial charge on any atom is 0.325 e. The molecule has 2 aliphatic heterocycles. The van der Waals surface area contributed by atoms with Gasteiger partial charge in [-0.2, -0.15) is 0 Å². The molecule has 0 aliphatic carbocycles. The van der Waals surface area contributed by atoms with Gasteiger partial charge >= 0.3 is 6.03 Å². The van der Waals surface area contributed by atoms with E-state index in [1.165, 1.54) is 0 Å². The van der Waals surface area contributed by atoms with Crippen molar-refractivity contribution in [3.05, 3.63) is 29.3 Å². The number of nitrogens with one attached hydrogen (secondary N) is 2. The molecule has 1 aromatic carbocycles. The van der Waals surface area contributed by atoms with Crippen molar-refractivity contribution < 1.29 is 14.4 Å². The Morgan fingerprint density at radius 3 is 2.36 bits per heavy atom. The van der Waals surface area contributed by atoms with Crippen LogP contribution in [-0.2, 0) is 9.59 Å². The van der Waals surface area contributed by atoms with Gasteiger partial charge in [0.2, 0.25) is 5.91 Å². The lowest BCUT2D eigenvalue weighted by Gasteiger charge is -2.37. The summed E-state index contributed by atoms with van der Waals surface area (Å²) in [6.45, 7) is 10.4. The van der Waals surface area contributed by atoms with Gasteiger partial charge in [0, 0.05) is 25.3 Å². The number of imide groups is 1. The van der Waals surface area contributed by atoms with E-state index in [4.69, 9.17) is 0 Å². The summed E-state index contributed by atoms with van der Waals surface area (Å²) in [4.78, 5) is 41.3. The Balaban J connectivity index is 1.64. The van der Waals surface area contributed by atoms with E-state index in [-0.39, 0.29) is 18.4 Å². The molecule has 1 spiro atoms. The lowest BCUT2D eigenvalue weighted by Crippen LogP contribution is -2.55. The number of urea groups is 1. The molecule has 0 bridgehead atoms. The number of likely N-dealkylation sites (tertiary alicyclic amines) is 1. The first-order chi connectivity index (χ1) is 13.2. The zero-order chi connectivity index (χ0) is 20.5. The lowest BCUT2D eigenvalue weighted by molar-refractivity contribution is -0.135. The van der Waals surface area contributed by atoms with Crippen LogP contribution in [0.25, 0.3) is 0 Å². The molecule has 7 heteroatoms. The van der Waals surface area contributed by atoms with Gasteiger partial charge in [-0.25, -0.2) is 4.79 Å². The fourth-order valence-corrected chi connectivity index (χ4v) is 4.13. The summed E-state index contributed by atoms with van der Waals surface area (Å²) in [5, 5.41) is 5.71. The van der Waals surface area contributed by atoms with Crippen LogP contribution < -0.4 is 10.6 Å². The molecule has 2 saturated heterocycles. The van der Waals surface area contributed by atoms with Gasteiger partial charge in [0.15, 0.2) is 0 Å². The Hall–Kier alpha value is -2.41. The molecule has 0 saturated carbocycles. The van der Waals surface area contributed by atoms with E-state index >= 15 is 0 Å². The fraction of sp³-hybridized carbons (Fsp3) is 0.571. The highest BCUT2D eigenvalue weighted by Crippen LogP contribution is 2.30. The van der Waals surface area contributed by atoms with Gasteiger partial charge in [-0.05, 0) is 43.7 Å². The summed E-state index contributed by atoms with van der Waals surface area (Å²) < 4.78 is 0. The van der Waals surface area contributed by atoms with Crippen molar-refractivity contribution in [3.8, 4) is 0 Å². The number of rotatable bonds is 5. The van der Waals surface area contributed by atoms with Gasteiger partial charge in [-0.3, -0.25) is 14.5 Å². The number of carbonyl (C=O) groups is 3. The van der Waals surface area contributed by atoms with Crippen molar-refractivity contribution in [1.82, 2.24) is 15.1 Å². The molecule has 7 nitrogen and oxygen atoms in total. The van der Waals surface area contributed by atoms with Crippen LogP contribution in [0.3, 0.4) is 0 Å². The molecular formula is C21H30N4O3. The second kappa shape index (κ2) is 7.91. The van der Waals surface area contributed by atoms with Crippen molar-refractivity contribution in [3.63, 3.8) is 0 Å². The molecule has 152 valence electrons. The number of aryl methyl sites for hydroxylation is 2. The summed E-state index contributed by atoms with van der Waals surface area (Å²) in [7, 11) is 0. The van der Waals surface area contributed by atoms with E-state index in [0.717, 1.165) is 41.3 Å². The molecule has 0 radical (unpaired) electrons. The first-order valence-corrected chi connectivity index (χ1v) is 9.94. The fourth-order valence-electron chi connectivity index (χ4n) is 4.13. The van der Waals surface area contributed by atoms with E-state index < -0.39 is 11.6 Å². The van der Waals surface area contributed by atoms with Crippen molar-refractivity contribution in [2.24, 2.45) is 5.92 Å². The highest BCUT2D eigenvalue weighted by atomic mass is 16.2. The summed E-state index contributed by atoms with van der Waals surface area (Å²) in [6, 6.07) is 5.28. The third kappa shape index (κ3) is 4.04. The minimum atomic E-state index is -0.858. The highest BCUT2D eigenvalue weighted by molar-refractivity contribution is 6.10. The van der Waals surface area contributed by atoms with Gasteiger partial charge in [0.25, 0.3) is 5.91 Å². The Morgan fingerprint density at radius 2 is 1.79 bits per heavy atom. The Morgan fingerprint density at radius 1 is 1.18 bits per heavy atom. The molecule has 2 aliphatic rings. The van der Waals surface area contributed by atoms with Gasteiger partial charge < -0.3 is 15.5 Å². The van der Waals surface area contributed by atoms with Gasteiger partial charge in [-0.15, -0.1) is 0 Å². The topological polar surface area (TPSA) is 81.8 Å². The summed E-state index contributed by atoms with van der Waals surface area (Å²) in [5.41, 5.74) is 1.76. The van der Waals surface area contributed by atoms with Gasteiger partial charge in [0.05, 0.1) is 0 Å². The summed E-state index contributed by atoms with van der Waals surface area (Å²) >= 11 is 0. The number of nitrogens with zero attached hydrogens (tertiary/aromatic N) is 2. The SMILES string of the molecule is Cc1cccc(C)c1NC(=O)CN1C(=O)NC2(CCN(CC(C)C)CC2)C1=O. The number of benzene rings is 1. The highest BCUT2D eigenvalue weighted by Gasteiger charge is 2.52. The number of hydrogen-bond donors (Lipinski definition) is 2. The predicted octanol–water partition coefficient (Wildman–Crippen LogP) is 2.28. The zero-order valence-electron chi connectivity index (χ0n) is 17.2. The normalized spacial score (nSPS) is 19.4. The number of piperidine rings is 1. The molecule has 4 amide bonds. The molecular weight excluding hydrogens is 356 g/mol. The Kier molecular flexibility index (Phi) is 5.74. The van der Waals surface area contributed by atoms with E-state index in [1.54, 1.807) is 0 Å². The van der Waals surface area contributed by atoms with Crippen LogP contribution in [0.15, 0.2) is 18.2 Å². The van der Waals surface area contributed by atoms with Crippen molar-refractivity contribution in [2.75, 3.05) is 31.5 Å². The minimum absolute atomic E-state index is 0.268.